The summed E-state index contributed by atoms with van der Waals surface area (Å²) in [6.07, 6.45) is 10.8. The van der Waals surface area contributed by atoms with E-state index < -0.39 is 0 Å². The van der Waals surface area contributed by atoms with E-state index in [1.807, 2.05) is 24.3 Å². The summed E-state index contributed by atoms with van der Waals surface area (Å²) in [5.74, 6) is 2.65. The molecule has 4 nitrogen and oxygen atoms in total. The predicted octanol–water partition coefficient (Wildman–Crippen LogP) is 5.35. The Hall–Kier alpha value is -1.26. The Morgan fingerprint density at radius 1 is 1.00 bits per heavy atom. The van der Waals surface area contributed by atoms with E-state index in [0.717, 1.165) is 56.5 Å². The van der Waals surface area contributed by atoms with Crippen LogP contribution in [0.15, 0.2) is 24.3 Å². The first-order valence-corrected chi connectivity index (χ1v) is 10.4. The summed E-state index contributed by atoms with van der Waals surface area (Å²) in [5.41, 5.74) is 0. The van der Waals surface area contributed by atoms with Crippen LogP contribution in [0.25, 0.3) is 0 Å². The lowest BCUT2D eigenvalue weighted by Crippen LogP contribution is -2.31. The lowest BCUT2D eigenvalue weighted by atomic mass is 9.84. The van der Waals surface area contributed by atoms with Crippen LogP contribution in [-0.2, 0) is 9.47 Å². The number of unbranched alkanes of at least 4 members (excludes halogenated alkanes) is 3. The van der Waals surface area contributed by atoms with Gasteiger partial charge in [0.15, 0.2) is 6.29 Å². The van der Waals surface area contributed by atoms with Crippen LogP contribution in [0.3, 0.4) is 0 Å². The molecule has 0 bridgehead atoms. The summed E-state index contributed by atoms with van der Waals surface area (Å²) >= 11 is 0. The molecule has 1 aliphatic carbocycles. The molecule has 1 aromatic rings. The molecular weight excluding hydrogens is 328 g/mol. The Morgan fingerprint density at radius 2 is 1.81 bits per heavy atom. The molecule has 2 aliphatic rings. The molecule has 0 aromatic heterocycles. The van der Waals surface area contributed by atoms with Crippen LogP contribution in [0.2, 0.25) is 0 Å². The number of hydrogen-bond donors (Lipinski definition) is 0. The minimum absolute atomic E-state index is 0.0460. The van der Waals surface area contributed by atoms with Crippen LogP contribution >= 0.6 is 0 Å². The second kappa shape index (κ2) is 10.8. The molecule has 1 aliphatic heterocycles. The minimum atomic E-state index is 0.0460. The highest BCUT2D eigenvalue weighted by molar-refractivity contribution is 5.33. The summed E-state index contributed by atoms with van der Waals surface area (Å²) in [7, 11) is 0. The van der Waals surface area contributed by atoms with Gasteiger partial charge >= 0.3 is 0 Å². The zero-order valence-corrected chi connectivity index (χ0v) is 16.2. The summed E-state index contributed by atoms with van der Waals surface area (Å²) in [4.78, 5) is 0. The summed E-state index contributed by atoms with van der Waals surface area (Å²) in [6, 6.07) is 8.05. The van der Waals surface area contributed by atoms with Gasteiger partial charge in [-0.3, -0.25) is 0 Å². The normalized spacial score (nSPS) is 25.5. The van der Waals surface area contributed by atoms with Crippen LogP contribution in [0.1, 0.15) is 64.7 Å². The molecular formula is C22H34O4. The van der Waals surface area contributed by atoms with E-state index in [4.69, 9.17) is 18.9 Å². The number of benzene rings is 1. The maximum atomic E-state index is 5.98. The maximum absolute atomic E-state index is 5.98. The van der Waals surface area contributed by atoms with Crippen LogP contribution in [0.4, 0.5) is 0 Å². The van der Waals surface area contributed by atoms with Crippen LogP contribution in [0.5, 0.6) is 11.5 Å². The third kappa shape index (κ3) is 6.81. The van der Waals surface area contributed by atoms with E-state index in [1.165, 1.54) is 38.5 Å². The molecule has 1 aromatic carbocycles. The quantitative estimate of drug-likeness (QED) is 0.498. The van der Waals surface area contributed by atoms with Gasteiger partial charge in [-0.2, -0.15) is 0 Å². The van der Waals surface area contributed by atoms with Gasteiger partial charge in [0.25, 0.3) is 0 Å². The van der Waals surface area contributed by atoms with E-state index in [1.54, 1.807) is 0 Å². The van der Waals surface area contributed by atoms with Crippen LogP contribution in [0, 0.1) is 5.92 Å². The number of rotatable bonds is 11. The maximum Gasteiger partial charge on any atom is 0.157 e. The molecule has 1 atom stereocenters. The highest BCUT2D eigenvalue weighted by Crippen LogP contribution is 2.31. The van der Waals surface area contributed by atoms with E-state index in [2.05, 4.69) is 6.92 Å². The van der Waals surface area contributed by atoms with Crippen molar-refractivity contribution in [2.24, 2.45) is 5.92 Å². The average Bonchev–Trinajstić information content (AvgIpc) is 2.64. The molecule has 0 spiro atoms. The van der Waals surface area contributed by atoms with Gasteiger partial charge in [-0.1, -0.05) is 19.4 Å². The van der Waals surface area contributed by atoms with Gasteiger partial charge in [0.1, 0.15) is 11.5 Å². The largest absolute Gasteiger partial charge is 0.493 e. The van der Waals surface area contributed by atoms with E-state index in [0.29, 0.717) is 6.10 Å². The fourth-order valence-electron chi connectivity index (χ4n) is 3.56. The first kappa shape index (κ1) is 19.5. The van der Waals surface area contributed by atoms with E-state index in [-0.39, 0.29) is 6.29 Å². The van der Waals surface area contributed by atoms with Crippen molar-refractivity contribution < 1.29 is 18.9 Å². The second-order valence-corrected chi connectivity index (χ2v) is 7.72. The lowest BCUT2D eigenvalue weighted by Gasteiger charge is -2.32. The van der Waals surface area contributed by atoms with Gasteiger partial charge in [0.05, 0.1) is 12.7 Å². The minimum Gasteiger partial charge on any atom is -0.493 e. The summed E-state index contributed by atoms with van der Waals surface area (Å²) in [5, 5.41) is 0. The standard InChI is InChI=1S/C22H34O4/c1-18-15-21(16-18)26-20-10-8-9-19(17-20)23-12-5-2-3-6-13-24-22-11-4-7-14-25-22/h8-10,17-18,21-22H,2-7,11-16H2,1H3. The Balaban J connectivity index is 1.20. The fraction of sp³-hybridized carbons (Fsp3) is 0.727. The van der Waals surface area contributed by atoms with E-state index >= 15 is 0 Å². The molecule has 0 N–H and O–H groups in total. The van der Waals surface area contributed by atoms with Crippen molar-refractivity contribution in [1.82, 2.24) is 0 Å². The molecule has 0 amide bonds. The number of ether oxygens (including phenoxy) is 4. The van der Waals surface area contributed by atoms with Crippen molar-refractivity contribution >= 4 is 0 Å². The predicted molar refractivity (Wildman–Crippen MR) is 103 cm³/mol. The van der Waals surface area contributed by atoms with Crippen molar-refractivity contribution in [3.8, 4) is 11.5 Å². The van der Waals surface area contributed by atoms with Crippen LogP contribution < -0.4 is 9.47 Å². The van der Waals surface area contributed by atoms with E-state index in [9.17, 15) is 0 Å². The molecule has 1 saturated carbocycles. The van der Waals surface area contributed by atoms with Gasteiger partial charge in [-0.25, -0.2) is 0 Å². The monoisotopic (exact) mass is 362 g/mol. The Labute approximate surface area is 158 Å². The second-order valence-electron chi connectivity index (χ2n) is 7.72. The van der Waals surface area contributed by atoms with Crippen molar-refractivity contribution in [3.05, 3.63) is 24.3 Å². The van der Waals surface area contributed by atoms with Crippen molar-refractivity contribution in [1.29, 1.82) is 0 Å². The van der Waals surface area contributed by atoms with Gasteiger partial charge < -0.3 is 18.9 Å². The zero-order valence-electron chi connectivity index (χ0n) is 16.2. The molecule has 4 heteroatoms. The van der Waals surface area contributed by atoms with Gasteiger partial charge in [-0.15, -0.1) is 0 Å². The molecule has 1 saturated heterocycles. The highest BCUT2D eigenvalue weighted by Gasteiger charge is 2.26. The molecule has 1 heterocycles. The Morgan fingerprint density at radius 3 is 2.58 bits per heavy atom. The van der Waals surface area contributed by atoms with Gasteiger partial charge in [0.2, 0.25) is 0 Å². The highest BCUT2D eigenvalue weighted by atomic mass is 16.7. The molecule has 26 heavy (non-hydrogen) atoms. The molecule has 3 rings (SSSR count). The molecule has 0 radical (unpaired) electrons. The topological polar surface area (TPSA) is 36.9 Å². The van der Waals surface area contributed by atoms with Crippen molar-refractivity contribution in [3.63, 3.8) is 0 Å². The summed E-state index contributed by atoms with van der Waals surface area (Å²) < 4.78 is 23.2. The third-order valence-corrected chi connectivity index (χ3v) is 5.19. The molecule has 2 fully saturated rings. The first-order chi connectivity index (χ1) is 12.8. The summed E-state index contributed by atoms with van der Waals surface area (Å²) in [6.45, 7) is 4.70. The van der Waals surface area contributed by atoms with Gasteiger partial charge in [-0.05, 0) is 69.4 Å². The third-order valence-electron chi connectivity index (χ3n) is 5.19. The average molecular weight is 363 g/mol. The number of hydrogen-bond acceptors (Lipinski definition) is 4. The van der Waals surface area contributed by atoms with Crippen LogP contribution in [-0.4, -0.2) is 32.2 Å². The van der Waals surface area contributed by atoms with Gasteiger partial charge in [0, 0.05) is 19.3 Å². The smallest absolute Gasteiger partial charge is 0.157 e. The zero-order chi connectivity index (χ0) is 18.0. The Bertz CT molecular complexity index is 507. The SMILES string of the molecule is CC1CC(Oc2cccc(OCCCCCCOC3CCCCO3)c2)C1. The lowest BCUT2D eigenvalue weighted by molar-refractivity contribution is -0.162. The first-order valence-electron chi connectivity index (χ1n) is 10.4. The van der Waals surface area contributed by atoms with Crippen molar-refractivity contribution in [2.45, 2.75) is 77.1 Å². The fourth-order valence-corrected chi connectivity index (χ4v) is 3.56. The Kier molecular flexibility index (Phi) is 8.09. The molecule has 1 unspecified atom stereocenters. The molecule has 146 valence electrons. The van der Waals surface area contributed by atoms with Crippen molar-refractivity contribution in [2.75, 3.05) is 19.8 Å².